The molecule has 0 saturated heterocycles. The molecule has 1 heterocycles. The third kappa shape index (κ3) is 2.47. The van der Waals surface area contributed by atoms with Crippen molar-refractivity contribution in [3.05, 3.63) is 39.9 Å². The Balaban J connectivity index is 1.79. The standard InChI is InChI=1S/C15H15BrO4/c1-18-14(17)8-19-7-9-5-10(16)6-12-11-3-2-4-13(11)20-15(9)12/h2-3,5-6,11,13H,4,7-8H2,1H3/t11-,13-/m1/s1. The van der Waals surface area contributed by atoms with Gasteiger partial charge < -0.3 is 14.2 Å². The lowest BCUT2D eigenvalue weighted by Gasteiger charge is -2.11. The first-order valence-corrected chi connectivity index (χ1v) is 7.28. The second-order valence-corrected chi connectivity index (χ2v) is 5.81. The van der Waals surface area contributed by atoms with E-state index in [0.717, 1.165) is 22.2 Å². The monoisotopic (exact) mass is 338 g/mol. The van der Waals surface area contributed by atoms with Gasteiger partial charge in [-0.3, -0.25) is 0 Å². The van der Waals surface area contributed by atoms with Gasteiger partial charge in [0.2, 0.25) is 0 Å². The molecule has 0 radical (unpaired) electrons. The molecule has 20 heavy (non-hydrogen) atoms. The van der Waals surface area contributed by atoms with Crippen molar-refractivity contribution in [1.82, 2.24) is 0 Å². The van der Waals surface area contributed by atoms with E-state index in [1.165, 1.54) is 12.7 Å². The molecule has 1 aromatic carbocycles. The van der Waals surface area contributed by atoms with Crippen LogP contribution in [0.25, 0.3) is 0 Å². The Labute approximate surface area is 125 Å². The van der Waals surface area contributed by atoms with E-state index in [4.69, 9.17) is 9.47 Å². The second-order valence-electron chi connectivity index (χ2n) is 4.90. The maximum Gasteiger partial charge on any atom is 0.331 e. The molecule has 0 unspecified atom stereocenters. The Morgan fingerprint density at radius 1 is 1.50 bits per heavy atom. The van der Waals surface area contributed by atoms with E-state index in [0.29, 0.717) is 12.5 Å². The maximum absolute atomic E-state index is 11.1. The van der Waals surface area contributed by atoms with Crippen LogP contribution in [0.3, 0.4) is 0 Å². The minimum atomic E-state index is -0.377. The molecule has 1 aliphatic heterocycles. The van der Waals surface area contributed by atoms with Crippen LogP contribution in [0.1, 0.15) is 23.5 Å². The summed E-state index contributed by atoms with van der Waals surface area (Å²) in [5, 5.41) is 0. The van der Waals surface area contributed by atoms with E-state index in [1.54, 1.807) is 0 Å². The van der Waals surface area contributed by atoms with Gasteiger partial charge in [-0.25, -0.2) is 4.79 Å². The van der Waals surface area contributed by atoms with E-state index in [9.17, 15) is 4.79 Å². The normalized spacial score (nSPS) is 22.3. The van der Waals surface area contributed by atoms with Crippen LogP contribution in [0.4, 0.5) is 0 Å². The number of rotatable bonds is 4. The summed E-state index contributed by atoms with van der Waals surface area (Å²) >= 11 is 3.52. The van der Waals surface area contributed by atoms with Gasteiger partial charge in [0.05, 0.1) is 13.7 Å². The Morgan fingerprint density at radius 3 is 3.15 bits per heavy atom. The van der Waals surface area contributed by atoms with Crippen LogP contribution in [0.2, 0.25) is 0 Å². The molecule has 106 valence electrons. The number of benzene rings is 1. The Morgan fingerprint density at radius 2 is 2.35 bits per heavy atom. The Hall–Kier alpha value is -1.33. The molecule has 0 saturated carbocycles. The van der Waals surface area contributed by atoms with Crippen LogP contribution in [0.15, 0.2) is 28.8 Å². The quantitative estimate of drug-likeness (QED) is 0.625. The zero-order valence-corrected chi connectivity index (χ0v) is 12.7. The molecule has 3 rings (SSSR count). The highest BCUT2D eigenvalue weighted by Crippen LogP contribution is 2.46. The van der Waals surface area contributed by atoms with Gasteiger partial charge in [-0.15, -0.1) is 0 Å². The fourth-order valence-electron chi connectivity index (χ4n) is 2.68. The third-order valence-corrected chi connectivity index (χ3v) is 4.06. The van der Waals surface area contributed by atoms with Crippen molar-refractivity contribution in [2.24, 2.45) is 0 Å². The number of carbonyl (C=O) groups excluding carboxylic acids is 1. The summed E-state index contributed by atoms with van der Waals surface area (Å²) in [6.45, 7) is 0.282. The summed E-state index contributed by atoms with van der Waals surface area (Å²) in [6.07, 6.45) is 5.51. The summed E-state index contributed by atoms with van der Waals surface area (Å²) in [5.41, 5.74) is 2.15. The topological polar surface area (TPSA) is 44.8 Å². The molecule has 5 heteroatoms. The van der Waals surface area contributed by atoms with Crippen LogP contribution < -0.4 is 4.74 Å². The van der Waals surface area contributed by atoms with Crippen molar-refractivity contribution in [1.29, 1.82) is 0 Å². The molecular formula is C15H15BrO4. The lowest BCUT2D eigenvalue weighted by Crippen LogP contribution is -2.12. The summed E-state index contributed by atoms with van der Waals surface area (Å²) in [4.78, 5) is 11.1. The molecule has 0 bridgehead atoms. The van der Waals surface area contributed by atoms with Crippen molar-refractivity contribution < 1.29 is 19.0 Å². The van der Waals surface area contributed by atoms with Gasteiger partial charge in [-0.2, -0.15) is 0 Å². The molecule has 4 nitrogen and oxygen atoms in total. The van der Waals surface area contributed by atoms with Crippen LogP contribution in [-0.4, -0.2) is 25.8 Å². The molecular weight excluding hydrogens is 324 g/mol. The van der Waals surface area contributed by atoms with Gasteiger partial charge in [0.1, 0.15) is 18.5 Å². The number of halogens is 1. The molecule has 0 fully saturated rings. The first-order chi connectivity index (χ1) is 9.69. The molecule has 0 amide bonds. The van der Waals surface area contributed by atoms with Crippen molar-refractivity contribution in [2.75, 3.05) is 13.7 Å². The zero-order valence-electron chi connectivity index (χ0n) is 11.1. The van der Waals surface area contributed by atoms with Gasteiger partial charge >= 0.3 is 5.97 Å². The molecule has 1 aliphatic carbocycles. The van der Waals surface area contributed by atoms with Gasteiger partial charge in [-0.05, 0) is 12.1 Å². The maximum atomic E-state index is 11.1. The van der Waals surface area contributed by atoms with Gasteiger partial charge in [0.15, 0.2) is 0 Å². The van der Waals surface area contributed by atoms with Crippen LogP contribution in [0.5, 0.6) is 5.75 Å². The van der Waals surface area contributed by atoms with Crippen molar-refractivity contribution in [3.63, 3.8) is 0 Å². The highest BCUT2D eigenvalue weighted by Gasteiger charge is 2.36. The summed E-state index contributed by atoms with van der Waals surface area (Å²) in [6, 6.07) is 4.07. The predicted octanol–water partition coefficient (Wildman–Crippen LogP) is 2.94. The summed E-state index contributed by atoms with van der Waals surface area (Å²) in [7, 11) is 1.35. The molecule has 1 aromatic rings. The minimum Gasteiger partial charge on any atom is -0.488 e. The van der Waals surface area contributed by atoms with E-state index in [-0.39, 0.29) is 18.7 Å². The Kier molecular flexibility index (Phi) is 3.81. The highest BCUT2D eigenvalue weighted by molar-refractivity contribution is 9.10. The number of hydrogen-bond acceptors (Lipinski definition) is 4. The fourth-order valence-corrected chi connectivity index (χ4v) is 3.20. The fraction of sp³-hybridized carbons (Fsp3) is 0.400. The average molecular weight is 339 g/mol. The number of fused-ring (bicyclic) bond motifs is 3. The van der Waals surface area contributed by atoms with E-state index in [1.807, 2.05) is 6.07 Å². The van der Waals surface area contributed by atoms with Crippen LogP contribution in [-0.2, 0) is 20.9 Å². The highest BCUT2D eigenvalue weighted by atomic mass is 79.9. The van der Waals surface area contributed by atoms with E-state index < -0.39 is 0 Å². The molecule has 0 spiro atoms. The van der Waals surface area contributed by atoms with Crippen molar-refractivity contribution in [2.45, 2.75) is 25.0 Å². The summed E-state index contributed by atoms with van der Waals surface area (Å²) < 4.78 is 17.0. The number of ether oxygens (including phenoxy) is 3. The zero-order chi connectivity index (χ0) is 14.1. The lowest BCUT2D eigenvalue weighted by atomic mass is 9.97. The SMILES string of the molecule is COC(=O)COCc1cc(Br)cc2c1O[C@@H]1CC=C[C@H]21. The smallest absolute Gasteiger partial charge is 0.331 e. The molecule has 0 N–H and O–H groups in total. The molecule has 2 aliphatic rings. The van der Waals surface area contributed by atoms with Gasteiger partial charge in [-0.1, -0.05) is 28.1 Å². The van der Waals surface area contributed by atoms with Crippen LogP contribution >= 0.6 is 15.9 Å². The van der Waals surface area contributed by atoms with Gasteiger partial charge in [0.25, 0.3) is 0 Å². The average Bonchev–Trinajstić information content (AvgIpc) is 3.00. The van der Waals surface area contributed by atoms with Crippen LogP contribution in [0, 0.1) is 0 Å². The van der Waals surface area contributed by atoms with E-state index in [2.05, 4.69) is 38.9 Å². The van der Waals surface area contributed by atoms with Gasteiger partial charge in [0, 0.05) is 27.9 Å². The first kappa shape index (κ1) is 13.6. The molecule has 0 aromatic heterocycles. The summed E-state index contributed by atoms with van der Waals surface area (Å²) in [5.74, 6) is 0.858. The third-order valence-electron chi connectivity index (χ3n) is 3.61. The first-order valence-electron chi connectivity index (χ1n) is 6.49. The van der Waals surface area contributed by atoms with Crippen molar-refractivity contribution >= 4 is 21.9 Å². The second kappa shape index (κ2) is 5.58. The number of carbonyl (C=O) groups is 1. The van der Waals surface area contributed by atoms with E-state index >= 15 is 0 Å². The Bertz CT molecular complexity index is 567. The van der Waals surface area contributed by atoms with Crippen molar-refractivity contribution in [3.8, 4) is 5.75 Å². The molecule has 2 atom stereocenters. The predicted molar refractivity (Wildman–Crippen MR) is 76.7 cm³/mol. The number of methoxy groups -OCH3 is 1. The lowest BCUT2D eigenvalue weighted by molar-refractivity contribution is -0.146. The largest absolute Gasteiger partial charge is 0.488 e. The number of hydrogen-bond donors (Lipinski definition) is 0. The minimum absolute atomic E-state index is 0.0510. The number of esters is 1.